The zero-order chi connectivity index (χ0) is 38.6. The number of benzene rings is 2. The average molecular weight is 763 g/mol. The number of aliphatic hydroxyl groups is 1. The Kier molecular flexibility index (Phi) is 14.0. The molecule has 0 radical (unpaired) electrons. The third-order valence-corrected chi connectivity index (χ3v) is 10.3. The first-order chi connectivity index (χ1) is 26.7. The van der Waals surface area contributed by atoms with E-state index in [9.17, 15) is 18.3 Å². The fourth-order valence-corrected chi connectivity index (χ4v) is 7.45. The molecule has 2 aliphatic heterocycles. The lowest BCUT2D eigenvalue weighted by Gasteiger charge is -2.36. The Bertz CT molecular complexity index is 1880. The Labute approximate surface area is 318 Å². The van der Waals surface area contributed by atoms with Crippen LogP contribution in [0.25, 0.3) is 22.6 Å². The number of aliphatic imine (C=N–C) groups is 2. The molecular weight excluding hydrogens is 713 g/mol. The van der Waals surface area contributed by atoms with Crippen molar-refractivity contribution in [1.82, 2.24) is 29.3 Å². The van der Waals surface area contributed by atoms with Gasteiger partial charge in [-0.2, -0.15) is 0 Å². The third-order valence-electron chi connectivity index (χ3n) is 10.3. The van der Waals surface area contributed by atoms with Crippen LogP contribution in [0.15, 0.2) is 71.0 Å². The molecule has 0 spiro atoms. The van der Waals surface area contributed by atoms with Gasteiger partial charge in [0.1, 0.15) is 29.4 Å². The second kappa shape index (κ2) is 19.2. The van der Waals surface area contributed by atoms with Gasteiger partial charge in [-0.3, -0.25) is 9.89 Å². The van der Waals surface area contributed by atoms with Crippen LogP contribution < -0.4 is 11.5 Å². The highest BCUT2D eigenvalue weighted by molar-refractivity contribution is 5.77. The van der Waals surface area contributed by atoms with Crippen LogP contribution in [-0.4, -0.2) is 113 Å². The molecule has 2 aromatic carbocycles. The second-order valence-electron chi connectivity index (χ2n) is 14.1. The number of imidazole rings is 1. The molecule has 1 unspecified atom stereocenters. The molecule has 0 amide bonds. The zero-order valence-electron chi connectivity index (χ0n) is 30.8. The lowest BCUT2D eigenvalue weighted by atomic mass is 9.80. The van der Waals surface area contributed by atoms with Crippen molar-refractivity contribution in [2.45, 2.75) is 43.7 Å². The number of rotatable bonds is 17. The SMILES string of the molecule is NC=NC=NCC(O)(CC1CCN(COCCOCCN2CCC(n3cnc(-c4ccc(F)cc4)c3-c3ccnc(N)n3)CC2)CC1)c1ccc(F)cc1F. The highest BCUT2D eigenvalue weighted by Gasteiger charge is 2.36. The van der Waals surface area contributed by atoms with E-state index in [2.05, 4.69) is 34.3 Å². The standard InChI is InChI=1S/C39H49F3N10O3/c40-30-3-1-29(2-4-30)36-37(35-7-12-47-38(44)49-35)52(26-48-36)32-10-15-50(16-11-32)17-18-54-19-20-55-27-51-13-8-28(9-14-51)22-39(53,23-45-25-46-24-43)33-6-5-31(41)21-34(33)42/h1-7,12,21,24-26,28,32,53H,8-11,13-20,22-23,27H2,(H2,43,45,46)(H2,44,47,49). The van der Waals surface area contributed by atoms with Crippen LogP contribution >= 0.6 is 0 Å². The van der Waals surface area contributed by atoms with Gasteiger partial charge in [0.05, 0.1) is 62.8 Å². The van der Waals surface area contributed by atoms with Crippen molar-refractivity contribution in [3.05, 3.63) is 84.1 Å². The number of nitrogens with two attached hydrogens (primary N) is 2. The van der Waals surface area contributed by atoms with Gasteiger partial charge in [0.25, 0.3) is 0 Å². The van der Waals surface area contributed by atoms with Crippen LogP contribution in [0.2, 0.25) is 0 Å². The van der Waals surface area contributed by atoms with E-state index in [1.54, 1.807) is 18.3 Å². The van der Waals surface area contributed by atoms with Crippen LogP contribution in [-0.2, 0) is 15.1 Å². The number of piperidine rings is 2. The topological polar surface area (TPSA) is 166 Å². The number of nitrogens with zero attached hydrogens (tertiary/aromatic N) is 8. The molecule has 0 saturated carbocycles. The molecule has 2 aliphatic rings. The highest BCUT2D eigenvalue weighted by atomic mass is 19.1. The lowest BCUT2D eigenvalue weighted by molar-refractivity contribution is -0.0310. The minimum Gasteiger partial charge on any atom is -0.390 e. The Morgan fingerprint density at radius 2 is 1.62 bits per heavy atom. The Hall–Kier alpha value is -4.74. The summed E-state index contributed by atoms with van der Waals surface area (Å²) < 4.78 is 56.0. The first-order valence-electron chi connectivity index (χ1n) is 18.6. The van der Waals surface area contributed by atoms with E-state index >= 15 is 0 Å². The first kappa shape index (κ1) is 39.9. The van der Waals surface area contributed by atoms with Gasteiger partial charge in [-0.25, -0.2) is 33.1 Å². The molecule has 16 heteroatoms. The van der Waals surface area contributed by atoms with Crippen molar-refractivity contribution in [3.63, 3.8) is 0 Å². The van der Waals surface area contributed by atoms with E-state index in [0.29, 0.717) is 32.2 Å². The largest absolute Gasteiger partial charge is 0.390 e. The number of halogens is 3. The molecular formula is C39H49F3N10O3. The minimum absolute atomic E-state index is 0.0187. The average Bonchev–Trinajstić information content (AvgIpc) is 3.63. The van der Waals surface area contributed by atoms with Gasteiger partial charge in [0, 0.05) is 62.2 Å². The summed E-state index contributed by atoms with van der Waals surface area (Å²) in [6, 6.07) is 11.5. The molecule has 0 bridgehead atoms. The smallest absolute Gasteiger partial charge is 0.220 e. The number of hydrogen-bond donors (Lipinski definition) is 3. The van der Waals surface area contributed by atoms with Crippen molar-refractivity contribution in [1.29, 1.82) is 0 Å². The normalized spacial score (nSPS) is 17.7. The molecule has 0 aliphatic carbocycles. The number of ether oxygens (including phenoxy) is 2. The van der Waals surface area contributed by atoms with E-state index in [0.717, 1.165) is 93.8 Å². The highest BCUT2D eigenvalue weighted by Crippen LogP contribution is 2.37. The van der Waals surface area contributed by atoms with Crippen molar-refractivity contribution < 1.29 is 27.8 Å². The summed E-state index contributed by atoms with van der Waals surface area (Å²) in [5, 5.41) is 11.5. The summed E-state index contributed by atoms with van der Waals surface area (Å²) in [4.78, 5) is 25.7. The molecule has 4 heterocycles. The Morgan fingerprint density at radius 3 is 2.35 bits per heavy atom. The predicted molar refractivity (Wildman–Crippen MR) is 205 cm³/mol. The van der Waals surface area contributed by atoms with Gasteiger partial charge in [-0.1, -0.05) is 6.07 Å². The van der Waals surface area contributed by atoms with Crippen molar-refractivity contribution in [3.8, 4) is 22.6 Å². The minimum atomic E-state index is -1.61. The number of hydrogen-bond acceptors (Lipinski definition) is 10. The molecule has 13 nitrogen and oxygen atoms in total. The predicted octanol–water partition coefficient (Wildman–Crippen LogP) is 4.64. The van der Waals surface area contributed by atoms with E-state index in [1.807, 2.05) is 12.4 Å². The van der Waals surface area contributed by atoms with Crippen LogP contribution in [0.1, 0.15) is 43.7 Å². The number of likely N-dealkylation sites (tertiary alicyclic amines) is 2. The van der Waals surface area contributed by atoms with Gasteiger partial charge >= 0.3 is 0 Å². The molecule has 5 N–H and O–H groups in total. The van der Waals surface area contributed by atoms with Crippen molar-refractivity contribution >= 4 is 18.6 Å². The molecule has 6 rings (SSSR count). The van der Waals surface area contributed by atoms with Crippen molar-refractivity contribution in [2.75, 3.05) is 71.6 Å². The quantitative estimate of drug-likeness (QED) is 0.0784. The molecule has 1 atom stereocenters. The summed E-state index contributed by atoms with van der Waals surface area (Å²) in [5.41, 5.74) is 12.6. The van der Waals surface area contributed by atoms with Gasteiger partial charge in [-0.15, -0.1) is 0 Å². The maximum atomic E-state index is 14.7. The molecule has 55 heavy (non-hydrogen) atoms. The van der Waals surface area contributed by atoms with Gasteiger partial charge in [0.15, 0.2) is 0 Å². The summed E-state index contributed by atoms with van der Waals surface area (Å²) in [7, 11) is 0. The number of anilines is 1. The summed E-state index contributed by atoms with van der Waals surface area (Å²) in [6.45, 7) is 6.09. The Balaban J connectivity index is 0.892. The lowest BCUT2D eigenvalue weighted by Crippen LogP contribution is -2.40. The molecule has 2 fully saturated rings. The van der Waals surface area contributed by atoms with Crippen LogP contribution in [0.3, 0.4) is 0 Å². The number of aromatic nitrogens is 4. The maximum Gasteiger partial charge on any atom is 0.220 e. The van der Waals surface area contributed by atoms with Gasteiger partial charge in [0.2, 0.25) is 5.95 Å². The van der Waals surface area contributed by atoms with Crippen molar-refractivity contribution in [2.24, 2.45) is 21.6 Å². The van der Waals surface area contributed by atoms with E-state index in [1.165, 1.54) is 24.5 Å². The fourth-order valence-electron chi connectivity index (χ4n) is 7.45. The van der Waals surface area contributed by atoms with Gasteiger partial charge in [-0.05, 0) is 74.4 Å². The van der Waals surface area contributed by atoms with Gasteiger partial charge < -0.3 is 35.5 Å². The van der Waals surface area contributed by atoms with Crippen LogP contribution in [0.4, 0.5) is 19.1 Å². The Morgan fingerprint density at radius 1 is 0.891 bits per heavy atom. The third kappa shape index (κ3) is 10.7. The summed E-state index contributed by atoms with van der Waals surface area (Å²) in [5.74, 6) is -1.52. The monoisotopic (exact) mass is 762 g/mol. The summed E-state index contributed by atoms with van der Waals surface area (Å²) >= 11 is 0. The van der Waals surface area contributed by atoms with E-state index in [-0.39, 0.29) is 42.3 Å². The van der Waals surface area contributed by atoms with E-state index in [4.69, 9.17) is 25.9 Å². The van der Waals surface area contributed by atoms with E-state index < -0.39 is 17.2 Å². The first-order valence-corrected chi connectivity index (χ1v) is 18.6. The van der Waals surface area contributed by atoms with Crippen LogP contribution in [0, 0.1) is 23.4 Å². The molecule has 4 aromatic rings. The number of nitrogen functional groups attached to an aromatic ring is 1. The molecule has 294 valence electrons. The maximum absolute atomic E-state index is 14.7. The van der Waals surface area contributed by atoms with Crippen LogP contribution in [0.5, 0.6) is 0 Å². The molecule has 2 saturated heterocycles. The second-order valence-corrected chi connectivity index (χ2v) is 14.1. The summed E-state index contributed by atoms with van der Waals surface area (Å²) in [6.07, 6.45) is 9.47. The molecule has 2 aromatic heterocycles. The fraction of sp³-hybridized carbons (Fsp3) is 0.462. The zero-order valence-corrected chi connectivity index (χ0v) is 30.8.